The maximum Gasteiger partial charge on any atom is 0.256 e. The van der Waals surface area contributed by atoms with Gasteiger partial charge in [-0.15, -0.1) is 0 Å². The summed E-state index contributed by atoms with van der Waals surface area (Å²) in [6, 6.07) is 0. The lowest BCUT2D eigenvalue weighted by atomic mass is 9.96. The maximum absolute atomic E-state index is 12.5. The molecule has 2 aliphatic heterocycles. The molecular formula is C20H27N5O3. The van der Waals surface area contributed by atoms with Crippen molar-refractivity contribution < 1.29 is 14.4 Å². The molecule has 8 heteroatoms. The number of hydrogen-bond acceptors (Lipinski definition) is 5. The van der Waals surface area contributed by atoms with Crippen molar-refractivity contribution in [1.82, 2.24) is 25.1 Å². The minimum Gasteiger partial charge on any atom is -0.356 e. The summed E-state index contributed by atoms with van der Waals surface area (Å²) >= 11 is 0. The number of hydrogen-bond donors (Lipinski definition) is 1. The van der Waals surface area contributed by atoms with E-state index in [1.807, 2.05) is 9.80 Å². The Morgan fingerprint density at radius 2 is 1.79 bits per heavy atom. The van der Waals surface area contributed by atoms with Gasteiger partial charge in [-0.05, 0) is 37.5 Å². The molecule has 28 heavy (non-hydrogen) atoms. The highest BCUT2D eigenvalue weighted by atomic mass is 16.2. The van der Waals surface area contributed by atoms with E-state index in [4.69, 9.17) is 0 Å². The van der Waals surface area contributed by atoms with Gasteiger partial charge in [0.05, 0.1) is 11.5 Å². The molecule has 150 valence electrons. The summed E-state index contributed by atoms with van der Waals surface area (Å²) in [5.41, 5.74) is 0.510. The van der Waals surface area contributed by atoms with Gasteiger partial charge in [-0.25, -0.2) is 9.97 Å². The first kappa shape index (κ1) is 18.8. The van der Waals surface area contributed by atoms with Crippen LogP contribution in [0.15, 0.2) is 18.7 Å². The largest absolute Gasteiger partial charge is 0.356 e. The summed E-state index contributed by atoms with van der Waals surface area (Å²) < 4.78 is 0. The highest BCUT2D eigenvalue weighted by Crippen LogP contribution is 2.28. The molecule has 4 rings (SSSR count). The molecule has 3 fully saturated rings. The van der Waals surface area contributed by atoms with Crippen molar-refractivity contribution in [3.63, 3.8) is 0 Å². The number of nitrogens with one attached hydrogen (secondary N) is 1. The molecule has 1 aromatic rings. The smallest absolute Gasteiger partial charge is 0.256 e. The van der Waals surface area contributed by atoms with Gasteiger partial charge >= 0.3 is 0 Å². The summed E-state index contributed by atoms with van der Waals surface area (Å²) in [7, 11) is 0. The summed E-state index contributed by atoms with van der Waals surface area (Å²) in [5.74, 6) is 0.857. The first-order valence-electron chi connectivity index (χ1n) is 10.2. The second-order valence-corrected chi connectivity index (χ2v) is 8.25. The molecule has 0 bridgehead atoms. The van der Waals surface area contributed by atoms with Gasteiger partial charge in [0.15, 0.2) is 0 Å². The quantitative estimate of drug-likeness (QED) is 0.778. The Bertz CT molecular complexity index is 729. The van der Waals surface area contributed by atoms with E-state index in [9.17, 15) is 14.4 Å². The van der Waals surface area contributed by atoms with E-state index in [1.165, 1.54) is 19.2 Å². The Morgan fingerprint density at radius 1 is 1.07 bits per heavy atom. The SMILES string of the molecule is O=C(NCC1CC1)C1CC(=O)N(CC2CCN(C(=O)c3cncnc3)CC2)C1. The molecule has 0 spiro atoms. The van der Waals surface area contributed by atoms with Gasteiger partial charge in [0.2, 0.25) is 11.8 Å². The number of carbonyl (C=O) groups excluding carboxylic acids is 3. The van der Waals surface area contributed by atoms with Crippen LogP contribution in [-0.4, -0.2) is 70.2 Å². The predicted octanol–water partition coefficient (Wildman–Crippen LogP) is 0.704. The molecular weight excluding hydrogens is 358 g/mol. The van der Waals surface area contributed by atoms with E-state index in [1.54, 1.807) is 12.4 Å². The molecule has 1 unspecified atom stereocenters. The minimum atomic E-state index is -0.217. The van der Waals surface area contributed by atoms with Crippen LogP contribution < -0.4 is 5.32 Å². The lowest BCUT2D eigenvalue weighted by molar-refractivity contribution is -0.129. The molecule has 1 saturated carbocycles. The van der Waals surface area contributed by atoms with Crippen molar-refractivity contribution in [2.45, 2.75) is 32.1 Å². The zero-order valence-electron chi connectivity index (χ0n) is 16.0. The third-order valence-corrected chi connectivity index (χ3v) is 6.04. The van der Waals surface area contributed by atoms with Crippen LogP contribution in [0.2, 0.25) is 0 Å². The first-order valence-corrected chi connectivity index (χ1v) is 10.2. The predicted molar refractivity (Wildman–Crippen MR) is 101 cm³/mol. The number of piperidine rings is 1. The fourth-order valence-electron chi connectivity index (χ4n) is 4.06. The number of likely N-dealkylation sites (tertiary alicyclic amines) is 2. The topological polar surface area (TPSA) is 95.5 Å². The molecule has 3 aliphatic rings. The fraction of sp³-hybridized carbons (Fsp3) is 0.650. The van der Waals surface area contributed by atoms with Gasteiger partial charge in [-0.3, -0.25) is 14.4 Å². The van der Waals surface area contributed by atoms with Crippen LogP contribution in [0.4, 0.5) is 0 Å². The lowest BCUT2D eigenvalue weighted by Crippen LogP contribution is -2.42. The number of aromatic nitrogens is 2. The molecule has 1 aliphatic carbocycles. The van der Waals surface area contributed by atoms with E-state index >= 15 is 0 Å². The van der Waals surface area contributed by atoms with E-state index < -0.39 is 0 Å². The Hall–Kier alpha value is -2.51. The van der Waals surface area contributed by atoms with Crippen LogP contribution in [0, 0.1) is 17.8 Å². The molecule has 0 radical (unpaired) electrons. The zero-order chi connectivity index (χ0) is 19.5. The molecule has 1 N–H and O–H groups in total. The molecule has 3 amide bonds. The van der Waals surface area contributed by atoms with Crippen LogP contribution >= 0.6 is 0 Å². The Balaban J connectivity index is 1.22. The Morgan fingerprint density at radius 3 is 2.46 bits per heavy atom. The van der Waals surface area contributed by atoms with Crippen LogP contribution in [0.1, 0.15) is 42.5 Å². The number of carbonyl (C=O) groups is 3. The summed E-state index contributed by atoms with van der Waals surface area (Å²) in [5, 5.41) is 2.99. The Kier molecular flexibility index (Phi) is 5.54. The zero-order valence-corrected chi connectivity index (χ0v) is 16.0. The standard InChI is InChI=1S/C20H27N5O3/c26-18-7-16(19(27)23-8-14-1-2-14)12-25(18)11-15-3-5-24(6-4-15)20(28)17-9-21-13-22-10-17/h9-10,13-16H,1-8,11-12H2,(H,23,27). The van der Waals surface area contributed by atoms with Gasteiger partial charge < -0.3 is 15.1 Å². The van der Waals surface area contributed by atoms with Gasteiger partial charge in [-0.1, -0.05) is 0 Å². The highest BCUT2D eigenvalue weighted by molar-refractivity contribution is 5.93. The summed E-state index contributed by atoms with van der Waals surface area (Å²) in [6.45, 7) is 3.30. The van der Waals surface area contributed by atoms with Gasteiger partial charge in [0.25, 0.3) is 5.91 Å². The van der Waals surface area contributed by atoms with E-state index in [0.717, 1.165) is 19.4 Å². The average Bonchev–Trinajstić information content (AvgIpc) is 3.49. The van der Waals surface area contributed by atoms with Crippen molar-refractivity contribution in [3.8, 4) is 0 Å². The third-order valence-electron chi connectivity index (χ3n) is 6.04. The molecule has 0 aromatic carbocycles. The van der Waals surface area contributed by atoms with Crippen molar-refractivity contribution in [2.75, 3.05) is 32.7 Å². The van der Waals surface area contributed by atoms with Crippen molar-refractivity contribution >= 4 is 17.7 Å². The summed E-state index contributed by atoms with van der Waals surface area (Å²) in [4.78, 5) is 48.6. The third kappa shape index (κ3) is 4.48. The molecule has 1 aromatic heterocycles. The number of rotatable bonds is 6. The fourth-order valence-corrected chi connectivity index (χ4v) is 4.06. The van der Waals surface area contributed by atoms with Crippen molar-refractivity contribution in [2.24, 2.45) is 17.8 Å². The molecule has 1 atom stereocenters. The molecule has 8 nitrogen and oxygen atoms in total. The maximum atomic E-state index is 12.5. The highest BCUT2D eigenvalue weighted by Gasteiger charge is 2.36. The summed E-state index contributed by atoms with van der Waals surface area (Å²) in [6.07, 6.45) is 8.95. The lowest BCUT2D eigenvalue weighted by Gasteiger charge is -2.34. The van der Waals surface area contributed by atoms with Crippen molar-refractivity contribution in [1.29, 1.82) is 0 Å². The monoisotopic (exact) mass is 385 g/mol. The van der Waals surface area contributed by atoms with Crippen molar-refractivity contribution in [3.05, 3.63) is 24.3 Å². The van der Waals surface area contributed by atoms with Gasteiger partial charge in [0.1, 0.15) is 6.33 Å². The van der Waals surface area contributed by atoms with Crippen LogP contribution in [-0.2, 0) is 9.59 Å². The van der Waals surface area contributed by atoms with Crippen LogP contribution in [0.5, 0.6) is 0 Å². The van der Waals surface area contributed by atoms with E-state index in [0.29, 0.717) is 50.0 Å². The molecule has 2 saturated heterocycles. The van der Waals surface area contributed by atoms with Crippen LogP contribution in [0.3, 0.4) is 0 Å². The van der Waals surface area contributed by atoms with Crippen LogP contribution in [0.25, 0.3) is 0 Å². The number of amides is 3. The van der Waals surface area contributed by atoms with Gasteiger partial charge in [-0.2, -0.15) is 0 Å². The second kappa shape index (κ2) is 8.24. The minimum absolute atomic E-state index is 0.0215. The second-order valence-electron chi connectivity index (χ2n) is 8.25. The molecule has 3 heterocycles. The first-order chi connectivity index (χ1) is 13.6. The normalized spacial score (nSPS) is 23.1. The average molecular weight is 385 g/mol. The number of nitrogens with zero attached hydrogens (tertiary/aromatic N) is 4. The van der Waals surface area contributed by atoms with E-state index in [-0.39, 0.29) is 23.6 Å². The van der Waals surface area contributed by atoms with E-state index in [2.05, 4.69) is 15.3 Å². The Labute approximate surface area is 164 Å². The van der Waals surface area contributed by atoms with Gasteiger partial charge in [0, 0.05) is 51.5 Å².